The van der Waals surface area contributed by atoms with E-state index in [1.807, 2.05) is 0 Å². The number of anilines is 1. The number of aliphatic hydroxyl groups excluding tert-OH is 3. The largest absolute Gasteiger partial charge is 0.388 e. The van der Waals surface area contributed by atoms with Crippen molar-refractivity contribution in [3.8, 4) is 0 Å². The number of hydrogen-bond donors (Lipinski definition) is 3. The molecule has 10 heteroatoms. The second kappa shape index (κ2) is 6.10. The van der Waals surface area contributed by atoms with Crippen molar-refractivity contribution in [3.05, 3.63) is 39.3 Å². The van der Waals surface area contributed by atoms with E-state index in [0.717, 1.165) is 17.1 Å². The summed E-state index contributed by atoms with van der Waals surface area (Å²) in [5.74, 6) is 0. The molecule has 1 fully saturated rings. The lowest BCUT2D eigenvalue weighted by Gasteiger charge is -2.38. The first kappa shape index (κ1) is 15.3. The molecule has 0 bridgehead atoms. The van der Waals surface area contributed by atoms with Gasteiger partial charge in [-0.15, -0.1) is 4.91 Å². The fourth-order valence-corrected chi connectivity index (χ4v) is 1.97. The van der Waals surface area contributed by atoms with Crippen LogP contribution >= 0.6 is 0 Å². The second-order valence-corrected chi connectivity index (χ2v) is 4.47. The van der Waals surface area contributed by atoms with Crippen molar-refractivity contribution in [2.45, 2.75) is 24.5 Å². The van der Waals surface area contributed by atoms with Crippen LogP contribution in [0, 0.1) is 15.0 Å². The minimum Gasteiger partial charge on any atom is -0.388 e. The van der Waals surface area contributed by atoms with E-state index in [9.17, 15) is 30.3 Å². The van der Waals surface area contributed by atoms with Crippen molar-refractivity contribution in [1.82, 2.24) is 0 Å². The molecule has 0 aromatic heterocycles. The number of benzene rings is 1. The van der Waals surface area contributed by atoms with Crippen molar-refractivity contribution < 1.29 is 25.0 Å². The summed E-state index contributed by atoms with van der Waals surface area (Å²) in [6.45, 7) is -0.290. The Kier molecular flexibility index (Phi) is 4.43. The Bertz CT molecular complexity index is 523. The number of aliphatic hydroxyl groups is 3. The first-order chi connectivity index (χ1) is 9.95. The number of hydrogen-bond acceptors (Lipinski definition) is 8. The van der Waals surface area contributed by atoms with Gasteiger partial charge in [-0.1, -0.05) is 0 Å². The predicted molar refractivity (Wildman–Crippen MR) is 69.1 cm³/mol. The molecule has 0 radical (unpaired) electrons. The normalized spacial score (nSPS) is 28.9. The van der Waals surface area contributed by atoms with Gasteiger partial charge >= 0.3 is 0 Å². The summed E-state index contributed by atoms with van der Waals surface area (Å²) >= 11 is 0. The molecule has 0 amide bonds. The van der Waals surface area contributed by atoms with Crippen LogP contribution < -0.4 is 5.01 Å². The minimum absolute atomic E-state index is 0.142. The van der Waals surface area contributed by atoms with Crippen molar-refractivity contribution in [3.63, 3.8) is 0 Å². The summed E-state index contributed by atoms with van der Waals surface area (Å²) in [5.41, 5.74) is -0.0339. The zero-order valence-corrected chi connectivity index (χ0v) is 10.6. The van der Waals surface area contributed by atoms with Crippen LogP contribution in [0.1, 0.15) is 0 Å². The first-order valence-corrected chi connectivity index (χ1v) is 5.98. The van der Waals surface area contributed by atoms with Crippen LogP contribution in [-0.4, -0.2) is 51.4 Å². The fraction of sp³-hybridized carbons (Fsp3) is 0.455. The lowest BCUT2D eigenvalue weighted by molar-refractivity contribution is -0.384. The van der Waals surface area contributed by atoms with Gasteiger partial charge in [-0.2, -0.15) is 5.01 Å². The standard InChI is InChI=1S/C11H13N3O7/c15-8-5-21-11(10(17)9(8)16)13(12-18)6-1-3-7(4-2-6)14(19)20/h1-4,8-11,15-17H,5H2/t8-,9-,10+,11?/m0/s1. The van der Waals surface area contributed by atoms with Gasteiger partial charge in [0, 0.05) is 12.1 Å². The third-order valence-corrected chi connectivity index (χ3v) is 3.13. The van der Waals surface area contributed by atoms with Gasteiger partial charge in [-0.05, 0) is 12.1 Å². The number of non-ortho nitro benzene ring substituents is 1. The average molecular weight is 299 g/mol. The highest BCUT2D eigenvalue weighted by atomic mass is 16.6. The van der Waals surface area contributed by atoms with Crippen molar-refractivity contribution in [1.29, 1.82) is 0 Å². The van der Waals surface area contributed by atoms with Crippen molar-refractivity contribution in [2.24, 2.45) is 5.29 Å². The van der Waals surface area contributed by atoms with Gasteiger partial charge in [0.15, 0.2) is 6.23 Å². The number of nitro groups is 1. The third kappa shape index (κ3) is 2.97. The molecule has 1 unspecified atom stereocenters. The van der Waals surface area contributed by atoms with Crippen LogP contribution in [0.25, 0.3) is 0 Å². The highest BCUT2D eigenvalue weighted by molar-refractivity contribution is 5.50. The van der Waals surface area contributed by atoms with Gasteiger partial charge in [0.25, 0.3) is 5.69 Å². The molecule has 2 rings (SSSR count). The monoisotopic (exact) mass is 299 g/mol. The van der Waals surface area contributed by atoms with Gasteiger partial charge in [-0.25, -0.2) is 0 Å². The Hall–Kier alpha value is -2.14. The summed E-state index contributed by atoms with van der Waals surface area (Å²) in [6.07, 6.45) is -5.64. The van der Waals surface area contributed by atoms with E-state index in [0.29, 0.717) is 0 Å². The predicted octanol–water partition coefficient (Wildman–Crippen LogP) is -0.478. The minimum atomic E-state index is -1.57. The summed E-state index contributed by atoms with van der Waals surface area (Å²) in [6, 6.07) is 4.84. The number of ether oxygens (including phenoxy) is 1. The molecule has 0 saturated carbocycles. The molecule has 1 heterocycles. The fourth-order valence-electron chi connectivity index (χ4n) is 1.97. The van der Waals surface area contributed by atoms with Crippen molar-refractivity contribution in [2.75, 3.05) is 11.6 Å². The van der Waals surface area contributed by atoms with E-state index in [2.05, 4.69) is 5.29 Å². The molecule has 21 heavy (non-hydrogen) atoms. The zero-order chi connectivity index (χ0) is 15.6. The van der Waals surface area contributed by atoms with E-state index in [1.165, 1.54) is 12.1 Å². The van der Waals surface area contributed by atoms with E-state index in [-0.39, 0.29) is 18.0 Å². The summed E-state index contributed by atoms with van der Waals surface area (Å²) in [5, 5.41) is 42.8. The maximum Gasteiger partial charge on any atom is 0.269 e. The van der Waals surface area contributed by atoms with Crippen LogP contribution in [-0.2, 0) is 4.74 Å². The molecule has 1 saturated heterocycles. The first-order valence-electron chi connectivity index (χ1n) is 5.98. The molecular weight excluding hydrogens is 286 g/mol. The summed E-state index contributed by atoms with van der Waals surface area (Å²) < 4.78 is 5.10. The maximum atomic E-state index is 11.0. The van der Waals surface area contributed by atoms with Gasteiger partial charge in [-0.3, -0.25) is 10.1 Å². The third-order valence-electron chi connectivity index (χ3n) is 3.13. The van der Waals surface area contributed by atoms with E-state index < -0.39 is 29.5 Å². The maximum absolute atomic E-state index is 11.0. The molecule has 10 nitrogen and oxygen atoms in total. The molecule has 1 aromatic carbocycles. The van der Waals surface area contributed by atoms with Gasteiger partial charge in [0.2, 0.25) is 0 Å². The molecular formula is C11H13N3O7. The Balaban J connectivity index is 2.23. The molecule has 1 aromatic rings. The topological polar surface area (TPSA) is 146 Å². The quantitative estimate of drug-likeness (QED) is 0.384. The lowest BCUT2D eigenvalue weighted by atomic mass is 10.0. The Morgan fingerprint density at radius 3 is 2.38 bits per heavy atom. The number of nitroso groups, excluding NO2 is 1. The Labute approximate surface area is 118 Å². The van der Waals surface area contributed by atoms with Crippen LogP contribution in [0.5, 0.6) is 0 Å². The van der Waals surface area contributed by atoms with E-state index >= 15 is 0 Å². The summed E-state index contributed by atoms with van der Waals surface area (Å²) in [4.78, 5) is 20.9. The second-order valence-electron chi connectivity index (χ2n) is 4.47. The average Bonchev–Trinajstić information content (AvgIpc) is 2.48. The van der Waals surface area contributed by atoms with Gasteiger partial charge in [0.1, 0.15) is 18.3 Å². The molecule has 4 atom stereocenters. The zero-order valence-electron chi connectivity index (χ0n) is 10.6. The van der Waals surface area contributed by atoms with Crippen LogP contribution in [0.15, 0.2) is 29.6 Å². The highest BCUT2D eigenvalue weighted by Gasteiger charge is 2.41. The van der Waals surface area contributed by atoms with Crippen LogP contribution in [0.2, 0.25) is 0 Å². The molecule has 1 aliphatic rings. The lowest BCUT2D eigenvalue weighted by Crippen LogP contribution is -2.58. The highest BCUT2D eigenvalue weighted by Crippen LogP contribution is 2.26. The molecule has 1 aliphatic heterocycles. The summed E-state index contributed by atoms with van der Waals surface area (Å²) in [7, 11) is 0. The molecule has 0 spiro atoms. The van der Waals surface area contributed by atoms with E-state index in [1.54, 1.807) is 0 Å². The van der Waals surface area contributed by atoms with Crippen molar-refractivity contribution >= 4 is 11.4 Å². The number of rotatable bonds is 4. The van der Waals surface area contributed by atoms with Crippen LogP contribution in [0.4, 0.5) is 11.4 Å². The Morgan fingerprint density at radius 2 is 1.86 bits per heavy atom. The molecule has 3 N–H and O–H groups in total. The molecule has 114 valence electrons. The Morgan fingerprint density at radius 1 is 1.24 bits per heavy atom. The van der Waals surface area contributed by atoms with Crippen LogP contribution in [0.3, 0.4) is 0 Å². The van der Waals surface area contributed by atoms with Gasteiger partial charge < -0.3 is 20.1 Å². The smallest absolute Gasteiger partial charge is 0.269 e. The number of nitro benzene ring substituents is 1. The van der Waals surface area contributed by atoms with Gasteiger partial charge in [0.05, 0.1) is 22.5 Å². The molecule has 0 aliphatic carbocycles. The van der Waals surface area contributed by atoms with E-state index in [4.69, 9.17) is 4.74 Å². The number of nitrogens with zero attached hydrogens (tertiary/aromatic N) is 3. The SMILES string of the molecule is O=NN(c1ccc([N+](=O)[O-])cc1)C1OC[C@H](O)[C@H](O)[C@H]1O.